The number of hydrogen-bond donors (Lipinski definition) is 2. The average molecular weight is 196 g/mol. The summed E-state index contributed by atoms with van der Waals surface area (Å²) in [5.41, 5.74) is 5.39. The van der Waals surface area contributed by atoms with E-state index in [0.717, 1.165) is 6.42 Å². The van der Waals surface area contributed by atoms with Crippen LogP contribution in [-0.2, 0) is 7.05 Å². The molecule has 0 fully saturated rings. The molecule has 78 valence electrons. The SMILES string of the molecule is CCC(CN)Nc1nccn(C)c1=O. The molecule has 0 bridgehead atoms. The quantitative estimate of drug-likeness (QED) is 0.707. The molecule has 1 aromatic heterocycles. The highest BCUT2D eigenvalue weighted by molar-refractivity contribution is 5.32. The first-order valence-electron chi connectivity index (χ1n) is 4.67. The molecule has 0 saturated heterocycles. The molecule has 0 aliphatic carbocycles. The molecule has 0 saturated carbocycles. The molecule has 0 aromatic carbocycles. The van der Waals surface area contributed by atoms with Crippen LogP contribution in [0.2, 0.25) is 0 Å². The summed E-state index contributed by atoms with van der Waals surface area (Å²) in [4.78, 5) is 15.5. The molecule has 0 aliphatic rings. The van der Waals surface area contributed by atoms with E-state index in [9.17, 15) is 4.79 Å². The maximum Gasteiger partial charge on any atom is 0.293 e. The number of rotatable bonds is 4. The van der Waals surface area contributed by atoms with Gasteiger partial charge in [0, 0.05) is 32.0 Å². The van der Waals surface area contributed by atoms with Crippen molar-refractivity contribution in [3.63, 3.8) is 0 Å². The summed E-state index contributed by atoms with van der Waals surface area (Å²) < 4.78 is 1.48. The highest BCUT2D eigenvalue weighted by Crippen LogP contribution is 1.98. The van der Waals surface area contributed by atoms with Gasteiger partial charge in [-0.1, -0.05) is 6.92 Å². The zero-order chi connectivity index (χ0) is 10.6. The molecular weight excluding hydrogens is 180 g/mol. The average Bonchev–Trinajstić information content (AvgIpc) is 2.20. The van der Waals surface area contributed by atoms with Gasteiger partial charge in [-0.2, -0.15) is 0 Å². The van der Waals surface area contributed by atoms with E-state index in [-0.39, 0.29) is 11.6 Å². The fourth-order valence-electron chi connectivity index (χ4n) is 1.12. The fourth-order valence-corrected chi connectivity index (χ4v) is 1.12. The number of hydrogen-bond acceptors (Lipinski definition) is 4. The van der Waals surface area contributed by atoms with Crippen LogP contribution in [0.25, 0.3) is 0 Å². The topological polar surface area (TPSA) is 72.9 Å². The lowest BCUT2D eigenvalue weighted by atomic mass is 10.2. The predicted molar refractivity (Wildman–Crippen MR) is 56.2 cm³/mol. The van der Waals surface area contributed by atoms with E-state index in [0.29, 0.717) is 12.4 Å². The smallest absolute Gasteiger partial charge is 0.293 e. The summed E-state index contributed by atoms with van der Waals surface area (Å²) in [5.74, 6) is 0.368. The number of nitrogens with zero attached hydrogens (tertiary/aromatic N) is 2. The first-order chi connectivity index (χ1) is 6.69. The molecule has 1 heterocycles. The fraction of sp³-hybridized carbons (Fsp3) is 0.556. The second-order valence-electron chi connectivity index (χ2n) is 3.18. The van der Waals surface area contributed by atoms with E-state index in [2.05, 4.69) is 10.3 Å². The summed E-state index contributed by atoms with van der Waals surface area (Å²) in [6, 6.07) is 0.109. The first-order valence-corrected chi connectivity index (χ1v) is 4.67. The molecule has 1 atom stereocenters. The maximum absolute atomic E-state index is 11.5. The summed E-state index contributed by atoms with van der Waals surface area (Å²) in [6.07, 6.45) is 4.08. The molecule has 1 aromatic rings. The largest absolute Gasteiger partial charge is 0.361 e. The molecule has 0 spiro atoms. The molecule has 5 nitrogen and oxygen atoms in total. The van der Waals surface area contributed by atoms with Crippen LogP contribution >= 0.6 is 0 Å². The van der Waals surface area contributed by atoms with E-state index in [1.807, 2.05) is 6.92 Å². The van der Waals surface area contributed by atoms with Gasteiger partial charge in [-0.3, -0.25) is 4.79 Å². The van der Waals surface area contributed by atoms with Gasteiger partial charge in [0.2, 0.25) is 0 Å². The van der Waals surface area contributed by atoms with Gasteiger partial charge in [0.25, 0.3) is 5.56 Å². The summed E-state index contributed by atoms with van der Waals surface area (Å²) in [7, 11) is 1.69. The van der Waals surface area contributed by atoms with E-state index < -0.39 is 0 Å². The van der Waals surface area contributed by atoms with Crippen LogP contribution < -0.4 is 16.6 Å². The summed E-state index contributed by atoms with van der Waals surface area (Å²) in [5, 5.41) is 3.02. The third kappa shape index (κ3) is 2.32. The van der Waals surface area contributed by atoms with Gasteiger partial charge < -0.3 is 15.6 Å². The standard InChI is InChI=1S/C9H16N4O/c1-3-7(6-10)12-8-9(14)13(2)5-4-11-8/h4-5,7H,3,6,10H2,1-2H3,(H,11,12). The van der Waals surface area contributed by atoms with Crippen molar-refractivity contribution in [2.75, 3.05) is 11.9 Å². The van der Waals surface area contributed by atoms with Gasteiger partial charge >= 0.3 is 0 Å². The normalized spacial score (nSPS) is 12.5. The number of aryl methyl sites for hydroxylation is 1. The van der Waals surface area contributed by atoms with Gasteiger partial charge in [0.1, 0.15) is 0 Å². The van der Waals surface area contributed by atoms with Crippen LogP contribution in [0.5, 0.6) is 0 Å². The van der Waals surface area contributed by atoms with Crippen LogP contribution in [0.4, 0.5) is 5.82 Å². The van der Waals surface area contributed by atoms with Crippen LogP contribution in [0.3, 0.4) is 0 Å². The van der Waals surface area contributed by atoms with Crippen molar-refractivity contribution < 1.29 is 0 Å². The lowest BCUT2D eigenvalue weighted by Crippen LogP contribution is -2.32. The Balaban J connectivity index is 2.86. The van der Waals surface area contributed by atoms with E-state index >= 15 is 0 Å². The second kappa shape index (κ2) is 4.76. The van der Waals surface area contributed by atoms with Crippen molar-refractivity contribution in [2.24, 2.45) is 12.8 Å². The third-order valence-electron chi connectivity index (χ3n) is 2.13. The number of aromatic nitrogens is 2. The molecule has 0 radical (unpaired) electrons. The van der Waals surface area contributed by atoms with Crippen LogP contribution in [0.15, 0.2) is 17.2 Å². The molecular formula is C9H16N4O. The lowest BCUT2D eigenvalue weighted by molar-refractivity contribution is 0.693. The predicted octanol–water partition coefficient (Wildman–Crippen LogP) is -0.0705. The Hall–Kier alpha value is -1.36. The molecule has 1 unspecified atom stereocenters. The third-order valence-corrected chi connectivity index (χ3v) is 2.13. The monoisotopic (exact) mass is 196 g/mol. The Kier molecular flexibility index (Phi) is 3.64. The second-order valence-corrected chi connectivity index (χ2v) is 3.18. The van der Waals surface area contributed by atoms with Gasteiger partial charge in [0.15, 0.2) is 5.82 Å². The zero-order valence-corrected chi connectivity index (χ0v) is 8.53. The van der Waals surface area contributed by atoms with Crippen molar-refractivity contribution in [1.82, 2.24) is 9.55 Å². The highest BCUT2D eigenvalue weighted by atomic mass is 16.1. The minimum Gasteiger partial charge on any atom is -0.361 e. The maximum atomic E-state index is 11.5. The lowest BCUT2D eigenvalue weighted by Gasteiger charge is -2.14. The molecule has 14 heavy (non-hydrogen) atoms. The van der Waals surface area contributed by atoms with Crippen molar-refractivity contribution in [1.29, 1.82) is 0 Å². The number of anilines is 1. The Morgan fingerprint density at radius 2 is 2.43 bits per heavy atom. The van der Waals surface area contributed by atoms with Gasteiger partial charge in [0.05, 0.1) is 0 Å². The van der Waals surface area contributed by atoms with Crippen molar-refractivity contribution in [3.05, 3.63) is 22.7 Å². The Bertz CT molecular complexity index is 343. The van der Waals surface area contributed by atoms with E-state index in [1.54, 1.807) is 19.4 Å². The van der Waals surface area contributed by atoms with Gasteiger partial charge in [-0.15, -0.1) is 0 Å². The highest BCUT2D eigenvalue weighted by Gasteiger charge is 2.07. The summed E-state index contributed by atoms with van der Waals surface area (Å²) >= 11 is 0. The Labute approximate surface area is 83.0 Å². The minimum absolute atomic E-state index is 0.109. The van der Waals surface area contributed by atoms with Crippen LogP contribution in [0.1, 0.15) is 13.3 Å². The zero-order valence-electron chi connectivity index (χ0n) is 8.53. The van der Waals surface area contributed by atoms with E-state index in [4.69, 9.17) is 5.73 Å². The number of nitrogens with one attached hydrogen (secondary N) is 1. The summed E-state index contributed by atoms with van der Waals surface area (Å²) in [6.45, 7) is 2.51. The minimum atomic E-state index is -0.126. The molecule has 0 amide bonds. The van der Waals surface area contributed by atoms with Gasteiger partial charge in [-0.25, -0.2) is 4.98 Å². The molecule has 1 rings (SSSR count). The van der Waals surface area contributed by atoms with Crippen molar-refractivity contribution in [3.8, 4) is 0 Å². The van der Waals surface area contributed by atoms with E-state index in [1.165, 1.54) is 4.57 Å². The first kappa shape index (κ1) is 10.7. The van der Waals surface area contributed by atoms with Crippen LogP contribution in [0, 0.1) is 0 Å². The molecule has 3 N–H and O–H groups in total. The van der Waals surface area contributed by atoms with Crippen LogP contribution in [-0.4, -0.2) is 22.1 Å². The van der Waals surface area contributed by atoms with Crippen molar-refractivity contribution in [2.45, 2.75) is 19.4 Å². The Morgan fingerprint density at radius 3 is 3.00 bits per heavy atom. The Morgan fingerprint density at radius 1 is 1.71 bits per heavy atom. The number of nitrogens with two attached hydrogens (primary N) is 1. The molecule has 5 heteroatoms. The molecule has 0 aliphatic heterocycles. The van der Waals surface area contributed by atoms with Crippen molar-refractivity contribution >= 4 is 5.82 Å². The van der Waals surface area contributed by atoms with Gasteiger partial charge in [-0.05, 0) is 6.42 Å².